The van der Waals surface area contributed by atoms with Crippen molar-refractivity contribution in [1.82, 2.24) is 0 Å². The smallest absolute Gasteiger partial charge is 0.0787 e. The first-order chi connectivity index (χ1) is 7.24. The molecule has 1 rings (SSSR count). The average molecular weight is 235 g/mol. The molecule has 0 heterocycles. The summed E-state index contributed by atoms with van der Waals surface area (Å²) in [5, 5.41) is 0. The van der Waals surface area contributed by atoms with Gasteiger partial charge in [-0.2, -0.15) is 0 Å². The minimum atomic E-state index is -0.111. The quantitative estimate of drug-likeness (QED) is 0.812. The molecule has 2 heteroatoms. The SMILES string of the molecule is Cc1cc(C)c(CC(C)(C)C(N)=S)c(C)c1. The molecule has 1 aromatic carbocycles. The molecule has 0 radical (unpaired) electrons. The van der Waals surface area contributed by atoms with Crippen LogP contribution in [0.5, 0.6) is 0 Å². The van der Waals surface area contributed by atoms with Crippen LogP contribution in [0.2, 0.25) is 0 Å². The van der Waals surface area contributed by atoms with Crippen molar-refractivity contribution >= 4 is 17.2 Å². The van der Waals surface area contributed by atoms with Crippen molar-refractivity contribution in [2.24, 2.45) is 11.1 Å². The van der Waals surface area contributed by atoms with Gasteiger partial charge in [0.15, 0.2) is 0 Å². The third-order valence-corrected chi connectivity index (χ3v) is 3.68. The van der Waals surface area contributed by atoms with Gasteiger partial charge in [0, 0.05) is 5.41 Å². The molecule has 1 aromatic rings. The second-order valence-electron chi connectivity index (χ2n) is 5.30. The molecule has 0 spiro atoms. The third kappa shape index (κ3) is 2.82. The maximum atomic E-state index is 5.78. The van der Waals surface area contributed by atoms with Gasteiger partial charge in [-0.1, -0.05) is 43.8 Å². The minimum absolute atomic E-state index is 0.111. The van der Waals surface area contributed by atoms with Crippen molar-refractivity contribution in [3.8, 4) is 0 Å². The first-order valence-electron chi connectivity index (χ1n) is 5.60. The van der Waals surface area contributed by atoms with Gasteiger partial charge in [-0.05, 0) is 43.9 Å². The molecule has 16 heavy (non-hydrogen) atoms. The summed E-state index contributed by atoms with van der Waals surface area (Å²) in [6.45, 7) is 10.7. The summed E-state index contributed by atoms with van der Waals surface area (Å²) in [5.41, 5.74) is 11.0. The van der Waals surface area contributed by atoms with E-state index in [1.165, 1.54) is 22.3 Å². The highest BCUT2D eigenvalue weighted by Gasteiger charge is 2.23. The molecule has 0 fully saturated rings. The van der Waals surface area contributed by atoms with Crippen LogP contribution >= 0.6 is 12.2 Å². The zero-order chi connectivity index (χ0) is 12.5. The summed E-state index contributed by atoms with van der Waals surface area (Å²) in [6, 6.07) is 4.44. The number of aryl methyl sites for hydroxylation is 3. The molecule has 2 N–H and O–H groups in total. The zero-order valence-electron chi connectivity index (χ0n) is 10.8. The van der Waals surface area contributed by atoms with Gasteiger partial charge in [0.25, 0.3) is 0 Å². The first kappa shape index (κ1) is 13.2. The molecule has 0 bridgehead atoms. The topological polar surface area (TPSA) is 26.0 Å². The van der Waals surface area contributed by atoms with Crippen molar-refractivity contribution in [3.63, 3.8) is 0 Å². The fourth-order valence-electron chi connectivity index (χ4n) is 2.02. The highest BCUT2D eigenvalue weighted by Crippen LogP contribution is 2.27. The van der Waals surface area contributed by atoms with Crippen LogP contribution in [0.3, 0.4) is 0 Å². The molecule has 0 aliphatic rings. The lowest BCUT2D eigenvalue weighted by atomic mass is 9.82. The standard InChI is InChI=1S/C14H21NS/c1-9-6-10(2)12(11(3)7-9)8-14(4,5)13(15)16/h6-7H,8H2,1-5H3,(H2,15,16). The van der Waals surface area contributed by atoms with Gasteiger partial charge in [-0.3, -0.25) is 0 Å². The van der Waals surface area contributed by atoms with Crippen molar-refractivity contribution in [3.05, 3.63) is 34.4 Å². The summed E-state index contributed by atoms with van der Waals surface area (Å²) in [6.07, 6.45) is 0.917. The van der Waals surface area contributed by atoms with Crippen LogP contribution in [0.25, 0.3) is 0 Å². The van der Waals surface area contributed by atoms with Gasteiger partial charge in [0.1, 0.15) is 0 Å². The van der Waals surface area contributed by atoms with Gasteiger partial charge in [0.05, 0.1) is 4.99 Å². The van der Waals surface area contributed by atoms with Crippen LogP contribution in [0, 0.1) is 26.2 Å². The molecule has 0 aliphatic carbocycles. The Morgan fingerprint density at radius 1 is 1.19 bits per heavy atom. The lowest BCUT2D eigenvalue weighted by Gasteiger charge is -2.25. The highest BCUT2D eigenvalue weighted by molar-refractivity contribution is 7.80. The first-order valence-corrected chi connectivity index (χ1v) is 6.01. The van der Waals surface area contributed by atoms with E-state index in [2.05, 4.69) is 46.8 Å². The Bertz CT molecular complexity index is 396. The van der Waals surface area contributed by atoms with E-state index in [-0.39, 0.29) is 5.41 Å². The van der Waals surface area contributed by atoms with Crippen molar-refractivity contribution < 1.29 is 0 Å². The van der Waals surface area contributed by atoms with E-state index in [9.17, 15) is 0 Å². The van der Waals surface area contributed by atoms with Crippen LogP contribution in [0.4, 0.5) is 0 Å². The number of nitrogens with two attached hydrogens (primary N) is 1. The summed E-state index contributed by atoms with van der Waals surface area (Å²) >= 11 is 5.12. The van der Waals surface area contributed by atoms with E-state index in [0.717, 1.165) is 6.42 Å². The van der Waals surface area contributed by atoms with Gasteiger partial charge in [-0.15, -0.1) is 0 Å². The van der Waals surface area contributed by atoms with Gasteiger partial charge < -0.3 is 5.73 Å². The van der Waals surface area contributed by atoms with E-state index in [4.69, 9.17) is 18.0 Å². The maximum absolute atomic E-state index is 5.78. The van der Waals surface area contributed by atoms with Crippen molar-refractivity contribution in [1.29, 1.82) is 0 Å². The molecule has 0 aromatic heterocycles. The maximum Gasteiger partial charge on any atom is 0.0787 e. The Morgan fingerprint density at radius 2 is 1.62 bits per heavy atom. The summed E-state index contributed by atoms with van der Waals surface area (Å²) in [4.78, 5) is 0.590. The van der Waals surface area contributed by atoms with Crippen LogP contribution < -0.4 is 5.73 Å². The lowest BCUT2D eigenvalue weighted by Crippen LogP contribution is -2.32. The zero-order valence-corrected chi connectivity index (χ0v) is 11.7. The largest absolute Gasteiger partial charge is 0.393 e. The fourth-order valence-corrected chi connectivity index (χ4v) is 2.09. The molecule has 0 atom stereocenters. The normalized spacial score (nSPS) is 11.6. The van der Waals surface area contributed by atoms with E-state index in [1.807, 2.05) is 0 Å². The van der Waals surface area contributed by atoms with Gasteiger partial charge >= 0.3 is 0 Å². The molecule has 0 unspecified atom stereocenters. The molecule has 88 valence electrons. The molecular weight excluding hydrogens is 214 g/mol. The Hall–Kier alpha value is -0.890. The molecule has 0 amide bonds. The van der Waals surface area contributed by atoms with Crippen LogP contribution in [0.15, 0.2) is 12.1 Å². The molecule has 0 saturated heterocycles. The Kier molecular flexibility index (Phi) is 3.74. The third-order valence-electron chi connectivity index (χ3n) is 3.13. The fraction of sp³-hybridized carbons (Fsp3) is 0.500. The van der Waals surface area contributed by atoms with E-state index >= 15 is 0 Å². The molecule has 0 saturated carbocycles. The van der Waals surface area contributed by atoms with Crippen LogP contribution in [0.1, 0.15) is 36.1 Å². The Balaban J connectivity index is 3.11. The van der Waals surface area contributed by atoms with Crippen molar-refractivity contribution in [2.45, 2.75) is 41.0 Å². The predicted molar refractivity (Wildman–Crippen MR) is 74.9 cm³/mol. The monoisotopic (exact) mass is 235 g/mol. The second kappa shape index (κ2) is 4.54. The number of hydrogen-bond acceptors (Lipinski definition) is 1. The van der Waals surface area contributed by atoms with Gasteiger partial charge in [0.2, 0.25) is 0 Å². The van der Waals surface area contributed by atoms with E-state index in [1.54, 1.807) is 0 Å². The highest BCUT2D eigenvalue weighted by atomic mass is 32.1. The lowest BCUT2D eigenvalue weighted by molar-refractivity contribution is 0.520. The molecule has 1 nitrogen and oxygen atoms in total. The van der Waals surface area contributed by atoms with Gasteiger partial charge in [-0.25, -0.2) is 0 Å². The van der Waals surface area contributed by atoms with Crippen LogP contribution in [-0.4, -0.2) is 4.99 Å². The van der Waals surface area contributed by atoms with Crippen LogP contribution in [-0.2, 0) is 6.42 Å². The number of thiocarbonyl (C=S) groups is 1. The van der Waals surface area contributed by atoms with E-state index < -0.39 is 0 Å². The number of benzene rings is 1. The predicted octanol–water partition coefficient (Wildman–Crippen LogP) is 3.47. The van der Waals surface area contributed by atoms with E-state index in [0.29, 0.717) is 4.99 Å². The summed E-state index contributed by atoms with van der Waals surface area (Å²) < 4.78 is 0. The minimum Gasteiger partial charge on any atom is -0.393 e. The average Bonchev–Trinajstić information content (AvgIpc) is 2.11. The second-order valence-corrected chi connectivity index (χ2v) is 5.74. The Morgan fingerprint density at radius 3 is 2.00 bits per heavy atom. The molecule has 0 aliphatic heterocycles. The van der Waals surface area contributed by atoms with Crippen molar-refractivity contribution in [2.75, 3.05) is 0 Å². The number of rotatable bonds is 3. The molecular formula is C14H21NS. The summed E-state index contributed by atoms with van der Waals surface area (Å²) in [7, 11) is 0. The number of hydrogen-bond donors (Lipinski definition) is 1. The summed E-state index contributed by atoms with van der Waals surface area (Å²) in [5.74, 6) is 0. The Labute approximate surface area is 104 Å².